The summed E-state index contributed by atoms with van der Waals surface area (Å²) in [5.74, 6) is -0.772. The molecule has 0 saturated heterocycles. The van der Waals surface area contributed by atoms with Gasteiger partial charge in [0, 0.05) is 11.6 Å². The number of carboxylic acids is 1. The molecule has 4 nitrogen and oxygen atoms in total. The van der Waals surface area contributed by atoms with Crippen molar-refractivity contribution in [2.75, 3.05) is 14.1 Å². The van der Waals surface area contributed by atoms with Crippen LogP contribution >= 0.6 is 0 Å². The van der Waals surface area contributed by atoms with Crippen LogP contribution in [0.2, 0.25) is 0 Å². The summed E-state index contributed by atoms with van der Waals surface area (Å²) in [7, 11) is 4.30. The molecule has 2 aromatic rings. The van der Waals surface area contributed by atoms with Crippen LogP contribution in [-0.2, 0) is 16.8 Å². The molecule has 0 radical (unpaired) electrons. The van der Waals surface area contributed by atoms with Gasteiger partial charge in [0.1, 0.15) is 6.04 Å². The Hall–Kier alpha value is -2.17. The maximum atomic E-state index is 11.8. The van der Waals surface area contributed by atoms with E-state index in [1.165, 1.54) is 5.56 Å². The number of hydrogen-bond donors (Lipinski definition) is 2. The van der Waals surface area contributed by atoms with Crippen molar-refractivity contribution in [2.24, 2.45) is 0 Å². The SMILES string of the molecule is CN(C)C1(c2ccccc2)CCC(NC(Cc2ccccc2)C(=O)O)CC1. The van der Waals surface area contributed by atoms with Crippen molar-refractivity contribution < 1.29 is 9.90 Å². The van der Waals surface area contributed by atoms with Gasteiger partial charge >= 0.3 is 5.97 Å². The lowest BCUT2D eigenvalue weighted by molar-refractivity contribution is -0.139. The van der Waals surface area contributed by atoms with Crippen molar-refractivity contribution in [2.45, 2.75) is 49.7 Å². The molecule has 0 spiro atoms. The molecule has 144 valence electrons. The number of aliphatic carboxylic acids is 1. The zero-order valence-electron chi connectivity index (χ0n) is 16.3. The standard InChI is InChI=1S/C23H30N2O2/c1-25(2)23(19-11-7-4-8-12-19)15-13-20(14-16-23)24-21(22(26)27)17-18-9-5-3-6-10-18/h3-12,20-21,24H,13-17H2,1-2H3,(H,26,27). The van der Waals surface area contributed by atoms with Crippen molar-refractivity contribution in [3.05, 3.63) is 71.8 Å². The highest BCUT2D eigenvalue weighted by molar-refractivity contribution is 5.74. The highest BCUT2D eigenvalue weighted by Crippen LogP contribution is 2.41. The van der Waals surface area contributed by atoms with Gasteiger partial charge in [0.05, 0.1) is 0 Å². The van der Waals surface area contributed by atoms with E-state index in [0.29, 0.717) is 6.42 Å². The van der Waals surface area contributed by atoms with Crippen molar-refractivity contribution >= 4 is 5.97 Å². The van der Waals surface area contributed by atoms with Crippen LogP contribution in [-0.4, -0.2) is 42.2 Å². The second kappa shape index (κ2) is 8.68. The molecule has 0 aliphatic heterocycles. The Morgan fingerprint density at radius 2 is 1.63 bits per heavy atom. The summed E-state index contributed by atoms with van der Waals surface area (Å²) in [4.78, 5) is 14.1. The Bertz CT molecular complexity index is 723. The fourth-order valence-corrected chi connectivity index (χ4v) is 4.36. The lowest BCUT2D eigenvalue weighted by atomic mass is 9.74. The summed E-state index contributed by atoms with van der Waals surface area (Å²) in [5.41, 5.74) is 2.45. The van der Waals surface area contributed by atoms with Crippen LogP contribution in [0, 0.1) is 0 Å². The van der Waals surface area contributed by atoms with Crippen molar-refractivity contribution in [1.29, 1.82) is 0 Å². The molecular weight excluding hydrogens is 336 g/mol. The fourth-order valence-electron chi connectivity index (χ4n) is 4.36. The van der Waals surface area contributed by atoms with Crippen LogP contribution in [0.4, 0.5) is 0 Å². The molecule has 27 heavy (non-hydrogen) atoms. The Kier molecular flexibility index (Phi) is 6.30. The summed E-state index contributed by atoms with van der Waals surface area (Å²) < 4.78 is 0. The number of carboxylic acid groups (broad SMARTS) is 1. The second-order valence-corrected chi connectivity index (χ2v) is 7.81. The van der Waals surface area contributed by atoms with Crippen LogP contribution in [0.1, 0.15) is 36.8 Å². The van der Waals surface area contributed by atoms with E-state index in [0.717, 1.165) is 31.2 Å². The average Bonchev–Trinajstić information content (AvgIpc) is 2.69. The van der Waals surface area contributed by atoms with Crippen molar-refractivity contribution in [1.82, 2.24) is 10.2 Å². The highest BCUT2D eigenvalue weighted by Gasteiger charge is 2.39. The van der Waals surface area contributed by atoms with E-state index in [-0.39, 0.29) is 11.6 Å². The van der Waals surface area contributed by atoms with Gasteiger partial charge in [0.15, 0.2) is 0 Å². The van der Waals surface area contributed by atoms with Gasteiger partial charge in [-0.3, -0.25) is 9.69 Å². The lowest BCUT2D eigenvalue weighted by Crippen LogP contribution is -2.51. The third kappa shape index (κ3) is 4.57. The van der Waals surface area contributed by atoms with Gasteiger partial charge in [-0.05, 0) is 57.3 Å². The smallest absolute Gasteiger partial charge is 0.321 e. The number of hydrogen-bond acceptors (Lipinski definition) is 3. The molecule has 0 aromatic heterocycles. The van der Waals surface area contributed by atoms with Gasteiger partial charge in [-0.15, -0.1) is 0 Å². The predicted octanol–water partition coefficient (Wildman–Crippen LogP) is 3.67. The van der Waals surface area contributed by atoms with Crippen molar-refractivity contribution in [3.8, 4) is 0 Å². The lowest BCUT2D eigenvalue weighted by Gasteiger charge is -2.46. The molecule has 1 unspecified atom stereocenters. The fraction of sp³-hybridized carbons (Fsp3) is 0.435. The highest BCUT2D eigenvalue weighted by atomic mass is 16.4. The number of rotatable bonds is 7. The Morgan fingerprint density at radius 1 is 1.07 bits per heavy atom. The van der Waals surface area contributed by atoms with Crippen molar-refractivity contribution in [3.63, 3.8) is 0 Å². The van der Waals surface area contributed by atoms with E-state index in [2.05, 4.69) is 54.6 Å². The quantitative estimate of drug-likeness (QED) is 0.785. The molecule has 1 atom stereocenters. The summed E-state index contributed by atoms with van der Waals surface area (Å²) in [6.45, 7) is 0. The molecule has 2 aromatic carbocycles. The number of nitrogens with one attached hydrogen (secondary N) is 1. The molecule has 1 fully saturated rings. The van der Waals surface area contributed by atoms with E-state index >= 15 is 0 Å². The first kappa shape index (κ1) is 19.6. The Morgan fingerprint density at radius 3 is 2.15 bits per heavy atom. The Labute approximate surface area is 162 Å². The molecule has 4 heteroatoms. The number of benzene rings is 2. The van der Waals surface area contributed by atoms with Gasteiger partial charge in [0.2, 0.25) is 0 Å². The first-order chi connectivity index (χ1) is 13.0. The number of nitrogens with zero attached hydrogens (tertiary/aromatic N) is 1. The molecule has 1 saturated carbocycles. The molecule has 1 aliphatic carbocycles. The Balaban J connectivity index is 1.66. The molecule has 2 N–H and O–H groups in total. The van der Waals surface area contributed by atoms with E-state index < -0.39 is 12.0 Å². The molecule has 0 heterocycles. The van der Waals surface area contributed by atoms with E-state index in [9.17, 15) is 9.90 Å². The monoisotopic (exact) mass is 366 g/mol. The van der Waals surface area contributed by atoms with Crippen LogP contribution < -0.4 is 5.32 Å². The topological polar surface area (TPSA) is 52.6 Å². The van der Waals surface area contributed by atoms with Crippen LogP contribution in [0.3, 0.4) is 0 Å². The zero-order chi connectivity index (χ0) is 19.3. The molecule has 1 aliphatic rings. The predicted molar refractivity (Wildman–Crippen MR) is 109 cm³/mol. The maximum absolute atomic E-state index is 11.8. The third-order valence-electron chi connectivity index (χ3n) is 6.00. The first-order valence-corrected chi connectivity index (χ1v) is 9.77. The van der Waals surface area contributed by atoms with E-state index in [1.807, 2.05) is 30.3 Å². The minimum absolute atomic E-state index is 0.0393. The minimum atomic E-state index is -0.772. The summed E-state index contributed by atoms with van der Waals surface area (Å²) in [5, 5.41) is 13.1. The van der Waals surface area contributed by atoms with Crippen LogP contribution in [0.5, 0.6) is 0 Å². The largest absolute Gasteiger partial charge is 0.480 e. The zero-order valence-corrected chi connectivity index (χ0v) is 16.3. The van der Waals surface area contributed by atoms with Crippen LogP contribution in [0.15, 0.2) is 60.7 Å². The summed E-state index contributed by atoms with van der Waals surface area (Å²) in [6.07, 6.45) is 4.53. The molecule has 0 bridgehead atoms. The summed E-state index contributed by atoms with van der Waals surface area (Å²) >= 11 is 0. The van der Waals surface area contributed by atoms with Gasteiger partial charge in [-0.25, -0.2) is 0 Å². The maximum Gasteiger partial charge on any atom is 0.321 e. The minimum Gasteiger partial charge on any atom is -0.480 e. The normalized spacial score (nSPS) is 23.9. The molecule has 3 rings (SSSR count). The van der Waals surface area contributed by atoms with Gasteiger partial charge in [0.25, 0.3) is 0 Å². The van der Waals surface area contributed by atoms with E-state index in [1.54, 1.807) is 0 Å². The number of carbonyl (C=O) groups is 1. The van der Waals surface area contributed by atoms with Crippen LogP contribution in [0.25, 0.3) is 0 Å². The van der Waals surface area contributed by atoms with E-state index in [4.69, 9.17) is 0 Å². The van der Waals surface area contributed by atoms with Gasteiger partial charge < -0.3 is 10.4 Å². The summed E-state index contributed by atoms with van der Waals surface area (Å²) in [6, 6.07) is 20.2. The molecule has 0 amide bonds. The molecular formula is C23H30N2O2. The average molecular weight is 367 g/mol. The third-order valence-corrected chi connectivity index (χ3v) is 6.00. The first-order valence-electron chi connectivity index (χ1n) is 9.77. The van der Waals surface area contributed by atoms with Gasteiger partial charge in [-0.2, -0.15) is 0 Å². The second-order valence-electron chi connectivity index (χ2n) is 7.81. The van der Waals surface area contributed by atoms with Gasteiger partial charge in [-0.1, -0.05) is 60.7 Å².